The monoisotopic (exact) mass is 387 g/mol. The predicted molar refractivity (Wildman–Crippen MR) is 112 cm³/mol. The van der Waals surface area contributed by atoms with Crippen molar-refractivity contribution in [3.63, 3.8) is 0 Å². The third-order valence-corrected chi connectivity index (χ3v) is 4.98. The van der Waals surface area contributed by atoms with Crippen molar-refractivity contribution in [1.82, 2.24) is 10.2 Å². The second-order valence-corrected chi connectivity index (χ2v) is 6.98. The maximum Gasteiger partial charge on any atom is 0.234 e. The van der Waals surface area contributed by atoms with Crippen molar-refractivity contribution in [3.05, 3.63) is 85.1 Å². The van der Waals surface area contributed by atoms with Crippen LogP contribution in [0.4, 0.5) is 5.69 Å². The number of hydrogen-bond donors (Lipinski definition) is 1. The summed E-state index contributed by atoms with van der Waals surface area (Å²) in [6.45, 7) is 0. The van der Waals surface area contributed by atoms with Crippen LogP contribution in [0, 0.1) is 0 Å². The lowest BCUT2D eigenvalue weighted by molar-refractivity contribution is -0.113. The summed E-state index contributed by atoms with van der Waals surface area (Å²) in [6.07, 6.45) is 1.72. The molecule has 3 aromatic carbocycles. The van der Waals surface area contributed by atoms with Crippen LogP contribution in [-0.2, 0) is 4.79 Å². The zero-order valence-corrected chi connectivity index (χ0v) is 15.7. The number of nitrogens with zero attached hydrogens (tertiary/aromatic N) is 2. The van der Waals surface area contributed by atoms with Crippen molar-refractivity contribution in [2.75, 3.05) is 11.1 Å². The second-order valence-electron chi connectivity index (χ2n) is 6.01. The van der Waals surface area contributed by atoms with Gasteiger partial charge in [0.1, 0.15) is 16.5 Å². The Bertz CT molecular complexity index is 1080. The van der Waals surface area contributed by atoms with E-state index in [1.807, 2.05) is 78.9 Å². The molecule has 1 N–H and O–H groups in total. The Morgan fingerprint density at radius 3 is 2.43 bits per heavy atom. The van der Waals surface area contributed by atoms with E-state index in [1.165, 1.54) is 11.8 Å². The average molecular weight is 387 g/mol. The maximum absolute atomic E-state index is 12.3. The number of anilines is 1. The SMILES string of the molecule is O=C(CSc1nncc2ccccc12)Nc1ccc(Oc2ccccc2)cc1. The summed E-state index contributed by atoms with van der Waals surface area (Å²) in [5.74, 6) is 1.64. The van der Waals surface area contributed by atoms with Crippen LogP contribution >= 0.6 is 11.8 Å². The van der Waals surface area contributed by atoms with Gasteiger partial charge in [0, 0.05) is 16.5 Å². The van der Waals surface area contributed by atoms with Crippen LogP contribution in [0.1, 0.15) is 0 Å². The van der Waals surface area contributed by atoms with Gasteiger partial charge in [-0.2, -0.15) is 5.10 Å². The summed E-state index contributed by atoms with van der Waals surface area (Å²) in [5, 5.41) is 13.8. The highest BCUT2D eigenvalue weighted by Crippen LogP contribution is 2.25. The minimum absolute atomic E-state index is 0.100. The van der Waals surface area contributed by atoms with Crippen LogP contribution in [0.5, 0.6) is 11.5 Å². The number of hydrogen-bond acceptors (Lipinski definition) is 5. The van der Waals surface area contributed by atoms with E-state index in [1.54, 1.807) is 6.20 Å². The van der Waals surface area contributed by atoms with E-state index in [2.05, 4.69) is 15.5 Å². The van der Waals surface area contributed by atoms with Gasteiger partial charge in [-0.25, -0.2) is 0 Å². The molecule has 0 fully saturated rings. The van der Waals surface area contributed by atoms with E-state index >= 15 is 0 Å². The van der Waals surface area contributed by atoms with E-state index in [-0.39, 0.29) is 11.7 Å². The molecule has 0 aliphatic carbocycles. The number of para-hydroxylation sites is 1. The fourth-order valence-corrected chi connectivity index (χ4v) is 3.46. The topological polar surface area (TPSA) is 64.1 Å². The Balaban J connectivity index is 1.34. The number of carbonyl (C=O) groups excluding carboxylic acids is 1. The first-order valence-corrected chi connectivity index (χ1v) is 9.72. The molecule has 0 saturated heterocycles. The van der Waals surface area contributed by atoms with Gasteiger partial charge in [0.05, 0.1) is 11.9 Å². The third-order valence-electron chi connectivity index (χ3n) is 3.99. The molecule has 0 aliphatic heterocycles. The van der Waals surface area contributed by atoms with Gasteiger partial charge in [0.25, 0.3) is 0 Å². The van der Waals surface area contributed by atoms with Gasteiger partial charge in [-0.3, -0.25) is 4.79 Å². The third kappa shape index (κ3) is 4.47. The fourth-order valence-electron chi connectivity index (χ4n) is 2.67. The highest BCUT2D eigenvalue weighted by atomic mass is 32.2. The lowest BCUT2D eigenvalue weighted by Gasteiger charge is -2.08. The van der Waals surface area contributed by atoms with Crippen LogP contribution in [0.25, 0.3) is 10.8 Å². The molecule has 0 atom stereocenters. The van der Waals surface area contributed by atoms with Crippen LogP contribution in [-0.4, -0.2) is 21.9 Å². The van der Waals surface area contributed by atoms with Gasteiger partial charge in [-0.15, -0.1) is 5.10 Å². The number of nitrogens with one attached hydrogen (secondary N) is 1. The molecule has 1 heterocycles. The van der Waals surface area contributed by atoms with E-state index in [4.69, 9.17) is 4.74 Å². The molecule has 28 heavy (non-hydrogen) atoms. The summed E-state index contributed by atoms with van der Waals surface area (Å²) in [7, 11) is 0. The molecule has 0 unspecified atom stereocenters. The molecule has 0 saturated carbocycles. The van der Waals surface area contributed by atoms with E-state index < -0.39 is 0 Å². The number of amides is 1. The highest BCUT2D eigenvalue weighted by Gasteiger charge is 2.08. The van der Waals surface area contributed by atoms with Crippen molar-refractivity contribution >= 4 is 34.1 Å². The summed E-state index contributed by atoms with van der Waals surface area (Å²) < 4.78 is 5.75. The molecule has 138 valence electrons. The van der Waals surface area contributed by atoms with Crippen LogP contribution < -0.4 is 10.1 Å². The number of thioether (sulfide) groups is 1. The Hall–Kier alpha value is -3.38. The molecule has 4 rings (SSSR count). The lowest BCUT2D eigenvalue weighted by Crippen LogP contribution is -2.14. The van der Waals surface area contributed by atoms with Gasteiger partial charge in [-0.05, 0) is 36.4 Å². The molecule has 0 radical (unpaired) electrons. The van der Waals surface area contributed by atoms with Crippen LogP contribution in [0.3, 0.4) is 0 Å². The minimum Gasteiger partial charge on any atom is -0.457 e. The van der Waals surface area contributed by atoms with Crippen molar-refractivity contribution in [1.29, 1.82) is 0 Å². The minimum atomic E-state index is -0.100. The number of rotatable bonds is 6. The predicted octanol–water partition coefficient (Wildman–Crippen LogP) is 5.15. The lowest BCUT2D eigenvalue weighted by atomic mass is 10.2. The second kappa shape index (κ2) is 8.54. The first kappa shape index (κ1) is 18.0. The summed E-state index contributed by atoms with van der Waals surface area (Å²) in [6, 6.07) is 24.7. The number of benzene rings is 3. The number of ether oxygens (including phenoxy) is 1. The first-order chi connectivity index (χ1) is 13.8. The molecule has 1 amide bonds. The van der Waals surface area contributed by atoms with Gasteiger partial charge in [0.2, 0.25) is 5.91 Å². The molecule has 6 heteroatoms. The van der Waals surface area contributed by atoms with Gasteiger partial charge >= 0.3 is 0 Å². The molecule has 4 aromatic rings. The average Bonchev–Trinajstić information content (AvgIpc) is 2.74. The van der Waals surface area contributed by atoms with Crippen LogP contribution in [0.15, 0.2) is 90.1 Å². The molecule has 0 bridgehead atoms. The Labute approximate surface area is 166 Å². The summed E-state index contributed by atoms with van der Waals surface area (Å²) in [5.41, 5.74) is 0.718. The molecular weight excluding hydrogens is 370 g/mol. The summed E-state index contributed by atoms with van der Waals surface area (Å²) >= 11 is 1.37. The van der Waals surface area contributed by atoms with Crippen LogP contribution in [0.2, 0.25) is 0 Å². The van der Waals surface area contributed by atoms with Crippen molar-refractivity contribution in [3.8, 4) is 11.5 Å². The Morgan fingerprint density at radius 2 is 1.61 bits per heavy atom. The number of aromatic nitrogens is 2. The first-order valence-electron chi connectivity index (χ1n) is 8.74. The molecule has 0 spiro atoms. The van der Waals surface area contributed by atoms with Crippen molar-refractivity contribution in [2.24, 2.45) is 0 Å². The van der Waals surface area contributed by atoms with Crippen molar-refractivity contribution < 1.29 is 9.53 Å². The van der Waals surface area contributed by atoms with E-state index in [0.29, 0.717) is 5.75 Å². The van der Waals surface area contributed by atoms with Gasteiger partial charge in [0.15, 0.2) is 0 Å². The standard InChI is InChI=1S/C22H17N3O2S/c26-21(15-28-22-20-9-5-4-6-16(20)14-23-25-22)24-17-10-12-19(13-11-17)27-18-7-2-1-3-8-18/h1-14H,15H2,(H,24,26). The number of fused-ring (bicyclic) bond motifs is 1. The maximum atomic E-state index is 12.3. The Morgan fingerprint density at radius 1 is 0.893 bits per heavy atom. The molecule has 1 aromatic heterocycles. The van der Waals surface area contributed by atoms with Gasteiger partial charge < -0.3 is 10.1 Å². The zero-order chi connectivity index (χ0) is 19.2. The molecule has 5 nitrogen and oxygen atoms in total. The highest BCUT2D eigenvalue weighted by molar-refractivity contribution is 8.00. The zero-order valence-electron chi connectivity index (χ0n) is 14.9. The largest absolute Gasteiger partial charge is 0.457 e. The van der Waals surface area contributed by atoms with E-state index in [0.717, 1.165) is 27.2 Å². The Kier molecular flexibility index (Phi) is 5.49. The van der Waals surface area contributed by atoms with Crippen molar-refractivity contribution in [2.45, 2.75) is 5.03 Å². The fraction of sp³-hybridized carbons (Fsp3) is 0.0455. The molecular formula is C22H17N3O2S. The quantitative estimate of drug-likeness (QED) is 0.463. The van der Waals surface area contributed by atoms with E-state index in [9.17, 15) is 4.79 Å². The summed E-state index contributed by atoms with van der Waals surface area (Å²) in [4.78, 5) is 12.3. The smallest absolute Gasteiger partial charge is 0.234 e. The van der Waals surface area contributed by atoms with Gasteiger partial charge in [-0.1, -0.05) is 54.2 Å². The normalized spacial score (nSPS) is 10.6. The number of carbonyl (C=O) groups is 1. The molecule has 0 aliphatic rings.